The van der Waals surface area contributed by atoms with Crippen LogP contribution in [0.5, 0.6) is 0 Å². The van der Waals surface area contributed by atoms with Crippen LogP contribution in [0.2, 0.25) is 0 Å². The molecule has 21 heavy (non-hydrogen) atoms. The van der Waals surface area contributed by atoms with Gasteiger partial charge in [-0.25, -0.2) is 0 Å². The van der Waals surface area contributed by atoms with Gasteiger partial charge in [-0.2, -0.15) is 18.2 Å². The molecule has 2 aliphatic rings. The third kappa shape index (κ3) is 3.74. The Hall–Kier alpha value is -1.15. The van der Waals surface area contributed by atoms with Gasteiger partial charge < -0.3 is 14.6 Å². The van der Waals surface area contributed by atoms with E-state index in [-0.39, 0.29) is 18.5 Å². The third-order valence-corrected chi connectivity index (χ3v) is 4.14. The van der Waals surface area contributed by atoms with Crippen LogP contribution in [-0.2, 0) is 11.3 Å². The number of aromatic nitrogens is 2. The van der Waals surface area contributed by atoms with Crippen LogP contribution < -0.4 is 5.32 Å². The first-order chi connectivity index (χ1) is 10.0. The number of alkyl halides is 3. The maximum absolute atomic E-state index is 12.0. The molecule has 2 fully saturated rings. The SMILES string of the molecule is FC(F)(F)COCc1noc(C2CC3CCCCC3N2)n1. The summed E-state index contributed by atoms with van der Waals surface area (Å²) in [7, 11) is 0. The monoisotopic (exact) mass is 305 g/mol. The van der Waals surface area contributed by atoms with Crippen LogP contribution in [0.3, 0.4) is 0 Å². The lowest BCUT2D eigenvalue weighted by Crippen LogP contribution is -2.30. The van der Waals surface area contributed by atoms with E-state index in [0.717, 1.165) is 12.8 Å². The average Bonchev–Trinajstić information content (AvgIpc) is 3.02. The number of hydrogen-bond acceptors (Lipinski definition) is 5. The van der Waals surface area contributed by atoms with E-state index in [0.29, 0.717) is 17.9 Å². The summed E-state index contributed by atoms with van der Waals surface area (Å²) in [6.07, 6.45) is 1.49. The minimum Gasteiger partial charge on any atom is -0.364 e. The van der Waals surface area contributed by atoms with Crippen LogP contribution in [0.25, 0.3) is 0 Å². The van der Waals surface area contributed by atoms with Crippen LogP contribution in [0.1, 0.15) is 49.9 Å². The molecule has 3 atom stereocenters. The number of nitrogens with zero attached hydrogens (tertiary/aromatic N) is 2. The third-order valence-electron chi connectivity index (χ3n) is 4.14. The standard InChI is InChI=1S/C13H18F3N3O2/c14-13(15,16)7-20-6-11-18-12(21-19-11)10-5-8-3-1-2-4-9(8)17-10/h8-10,17H,1-7H2. The van der Waals surface area contributed by atoms with Crippen LogP contribution in [0, 0.1) is 5.92 Å². The van der Waals surface area contributed by atoms with Crippen LogP contribution in [0.4, 0.5) is 13.2 Å². The van der Waals surface area contributed by atoms with Gasteiger partial charge in [-0.1, -0.05) is 18.0 Å². The lowest BCUT2D eigenvalue weighted by Gasteiger charge is -2.24. The Kier molecular flexibility index (Phi) is 4.17. The molecule has 1 saturated carbocycles. The molecule has 3 rings (SSSR count). The highest BCUT2D eigenvalue weighted by Crippen LogP contribution is 2.38. The minimum atomic E-state index is -4.34. The van der Waals surface area contributed by atoms with E-state index in [1.54, 1.807) is 0 Å². The molecular formula is C13H18F3N3O2. The van der Waals surface area contributed by atoms with Gasteiger partial charge in [0.05, 0.1) is 6.04 Å². The number of fused-ring (bicyclic) bond motifs is 1. The number of ether oxygens (including phenoxy) is 1. The molecule has 8 heteroatoms. The van der Waals surface area contributed by atoms with Crippen molar-refractivity contribution in [3.05, 3.63) is 11.7 Å². The van der Waals surface area contributed by atoms with Crippen LogP contribution in [0.15, 0.2) is 4.52 Å². The van der Waals surface area contributed by atoms with Gasteiger partial charge in [0.15, 0.2) is 5.82 Å². The molecule has 3 unspecified atom stereocenters. The summed E-state index contributed by atoms with van der Waals surface area (Å²) in [5.74, 6) is 1.25. The lowest BCUT2D eigenvalue weighted by molar-refractivity contribution is -0.177. The zero-order chi connectivity index (χ0) is 14.9. The van der Waals surface area contributed by atoms with E-state index in [1.165, 1.54) is 19.3 Å². The smallest absolute Gasteiger partial charge is 0.364 e. The molecule has 1 saturated heterocycles. The summed E-state index contributed by atoms with van der Waals surface area (Å²) >= 11 is 0. The number of hydrogen-bond donors (Lipinski definition) is 1. The van der Waals surface area contributed by atoms with Gasteiger partial charge >= 0.3 is 6.18 Å². The highest BCUT2D eigenvalue weighted by atomic mass is 19.4. The van der Waals surface area contributed by atoms with Crippen molar-refractivity contribution in [3.63, 3.8) is 0 Å². The predicted molar refractivity (Wildman–Crippen MR) is 66.2 cm³/mol. The Morgan fingerprint density at radius 2 is 2.10 bits per heavy atom. The molecule has 1 N–H and O–H groups in total. The minimum absolute atomic E-state index is 0.0157. The summed E-state index contributed by atoms with van der Waals surface area (Å²) in [5, 5.41) is 7.17. The van der Waals surface area contributed by atoms with E-state index in [9.17, 15) is 13.2 Å². The van der Waals surface area contributed by atoms with Gasteiger partial charge in [0.2, 0.25) is 5.89 Å². The van der Waals surface area contributed by atoms with Gasteiger partial charge in [-0.05, 0) is 25.2 Å². The van der Waals surface area contributed by atoms with Gasteiger partial charge in [0.25, 0.3) is 0 Å². The molecule has 1 aliphatic carbocycles. The fourth-order valence-corrected chi connectivity index (χ4v) is 3.24. The molecule has 118 valence electrons. The topological polar surface area (TPSA) is 60.2 Å². The molecule has 2 heterocycles. The second-order valence-corrected chi connectivity index (χ2v) is 5.76. The quantitative estimate of drug-likeness (QED) is 0.927. The highest BCUT2D eigenvalue weighted by Gasteiger charge is 2.38. The second-order valence-electron chi connectivity index (χ2n) is 5.76. The van der Waals surface area contributed by atoms with Crippen molar-refractivity contribution in [2.45, 2.75) is 57.0 Å². The lowest BCUT2D eigenvalue weighted by atomic mass is 9.85. The summed E-state index contributed by atoms with van der Waals surface area (Å²) in [4.78, 5) is 4.14. The summed E-state index contributed by atoms with van der Waals surface area (Å²) in [5.41, 5.74) is 0. The zero-order valence-corrected chi connectivity index (χ0v) is 11.5. The molecule has 5 nitrogen and oxygen atoms in total. The van der Waals surface area contributed by atoms with Crippen molar-refractivity contribution in [2.75, 3.05) is 6.61 Å². The largest absolute Gasteiger partial charge is 0.411 e. The Labute approximate surface area is 120 Å². The first-order valence-corrected chi connectivity index (χ1v) is 7.24. The molecule has 0 spiro atoms. The van der Waals surface area contributed by atoms with E-state index in [2.05, 4.69) is 20.2 Å². The molecule has 1 aromatic rings. The van der Waals surface area contributed by atoms with Gasteiger partial charge in [-0.3, -0.25) is 0 Å². The fraction of sp³-hybridized carbons (Fsp3) is 0.846. The van der Waals surface area contributed by atoms with E-state index < -0.39 is 12.8 Å². The first-order valence-electron chi connectivity index (χ1n) is 7.24. The average molecular weight is 305 g/mol. The maximum Gasteiger partial charge on any atom is 0.411 e. The van der Waals surface area contributed by atoms with Crippen molar-refractivity contribution < 1.29 is 22.4 Å². The highest BCUT2D eigenvalue weighted by molar-refractivity contribution is 5.01. The summed E-state index contributed by atoms with van der Waals surface area (Å²) < 4.78 is 45.6. The van der Waals surface area contributed by atoms with Crippen molar-refractivity contribution in [3.8, 4) is 0 Å². The second kappa shape index (κ2) is 5.92. The molecule has 0 bridgehead atoms. The Balaban J connectivity index is 1.53. The van der Waals surface area contributed by atoms with Crippen LogP contribution >= 0.6 is 0 Å². The number of rotatable bonds is 4. The van der Waals surface area contributed by atoms with Crippen molar-refractivity contribution in [1.82, 2.24) is 15.5 Å². The predicted octanol–water partition coefficient (Wildman–Crippen LogP) is 2.74. The van der Waals surface area contributed by atoms with Gasteiger partial charge in [0.1, 0.15) is 13.2 Å². The molecule has 0 radical (unpaired) electrons. The van der Waals surface area contributed by atoms with E-state index in [1.807, 2.05) is 0 Å². The van der Waals surface area contributed by atoms with Crippen molar-refractivity contribution in [2.24, 2.45) is 5.92 Å². The van der Waals surface area contributed by atoms with Crippen LogP contribution in [-0.4, -0.2) is 29.0 Å². The molecule has 0 aromatic carbocycles. The first kappa shape index (κ1) is 14.8. The summed E-state index contributed by atoms with van der Waals surface area (Å²) in [6, 6.07) is 0.516. The number of halogens is 3. The fourth-order valence-electron chi connectivity index (χ4n) is 3.24. The maximum atomic E-state index is 12.0. The summed E-state index contributed by atoms with van der Waals surface area (Å²) in [6.45, 7) is -1.59. The Morgan fingerprint density at radius 1 is 1.29 bits per heavy atom. The number of nitrogens with one attached hydrogen (secondary N) is 1. The van der Waals surface area contributed by atoms with E-state index in [4.69, 9.17) is 4.52 Å². The van der Waals surface area contributed by atoms with Crippen molar-refractivity contribution >= 4 is 0 Å². The molecule has 1 aromatic heterocycles. The van der Waals surface area contributed by atoms with Crippen molar-refractivity contribution in [1.29, 1.82) is 0 Å². The normalized spacial score (nSPS) is 29.6. The molecule has 1 aliphatic heterocycles. The Bertz CT molecular complexity index is 463. The Morgan fingerprint density at radius 3 is 2.86 bits per heavy atom. The van der Waals surface area contributed by atoms with E-state index >= 15 is 0 Å². The zero-order valence-electron chi connectivity index (χ0n) is 11.5. The molecular weight excluding hydrogens is 287 g/mol. The molecule has 0 amide bonds. The van der Waals surface area contributed by atoms with Gasteiger partial charge in [0, 0.05) is 6.04 Å². The van der Waals surface area contributed by atoms with Gasteiger partial charge in [-0.15, -0.1) is 0 Å².